The summed E-state index contributed by atoms with van der Waals surface area (Å²) < 4.78 is 5.94. The van der Waals surface area contributed by atoms with Crippen LogP contribution in [0.1, 0.15) is 17.3 Å². The second-order valence-corrected chi connectivity index (χ2v) is 5.24. The SMILES string of the molecule is CCN(/C=C/C=C(C#N)C#N)CCOC(=O)c1ccccc1Br. The molecule has 0 aromatic heterocycles. The highest BCUT2D eigenvalue weighted by Gasteiger charge is 2.10. The zero-order chi connectivity index (χ0) is 17.1. The molecule has 0 N–H and O–H groups in total. The maximum atomic E-state index is 11.9. The van der Waals surface area contributed by atoms with Crippen LogP contribution in [0.4, 0.5) is 0 Å². The predicted octanol–water partition coefficient (Wildman–Crippen LogP) is 3.42. The van der Waals surface area contributed by atoms with Gasteiger partial charge in [-0.2, -0.15) is 10.5 Å². The van der Waals surface area contributed by atoms with Crippen molar-refractivity contribution in [2.24, 2.45) is 0 Å². The maximum absolute atomic E-state index is 11.9. The lowest BCUT2D eigenvalue weighted by atomic mass is 10.2. The van der Waals surface area contributed by atoms with Crippen LogP contribution >= 0.6 is 15.9 Å². The summed E-state index contributed by atoms with van der Waals surface area (Å²) in [5, 5.41) is 17.3. The topological polar surface area (TPSA) is 77.1 Å². The van der Waals surface area contributed by atoms with Crippen molar-refractivity contribution in [1.29, 1.82) is 10.5 Å². The molecule has 0 atom stereocenters. The lowest BCUT2D eigenvalue weighted by Crippen LogP contribution is -2.23. The first-order valence-corrected chi connectivity index (χ1v) is 7.76. The number of esters is 1. The number of ether oxygens (including phenoxy) is 1. The molecule has 0 fully saturated rings. The molecule has 0 radical (unpaired) electrons. The summed E-state index contributed by atoms with van der Waals surface area (Å²) in [7, 11) is 0. The van der Waals surface area contributed by atoms with E-state index in [0.29, 0.717) is 23.1 Å². The number of halogens is 1. The zero-order valence-electron chi connectivity index (χ0n) is 12.7. The van der Waals surface area contributed by atoms with Crippen LogP contribution in [0.2, 0.25) is 0 Å². The van der Waals surface area contributed by atoms with E-state index in [2.05, 4.69) is 15.9 Å². The number of carbonyl (C=O) groups excluding carboxylic acids is 1. The van der Waals surface area contributed by atoms with Crippen molar-refractivity contribution >= 4 is 21.9 Å². The molecule has 23 heavy (non-hydrogen) atoms. The normalized spacial score (nSPS) is 9.74. The Bertz CT molecular complexity index is 668. The van der Waals surface area contributed by atoms with Gasteiger partial charge >= 0.3 is 5.97 Å². The van der Waals surface area contributed by atoms with Crippen LogP contribution in [-0.4, -0.2) is 30.6 Å². The molecule has 0 bridgehead atoms. The van der Waals surface area contributed by atoms with Gasteiger partial charge in [-0.05, 0) is 53.3 Å². The van der Waals surface area contributed by atoms with E-state index >= 15 is 0 Å². The van der Waals surface area contributed by atoms with Gasteiger partial charge < -0.3 is 9.64 Å². The van der Waals surface area contributed by atoms with Gasteiger partial charge in [-0.15, -0.1) is 0 Å². The number of benzene rings is 1. The predicted molar refractivity (Wildman–Crippen MR) is 90.1 cm³/mol. The highest BCUT2D eigenvalue weighted by Crippen LogP contribution is 2.16. The Kier molecular flexibility index (Phi) is 8.20. The number of rotatable bonds is 7. The van der Waals surface area contributed by atoms with Gasteiger partial charge in [0.1, 0.15) is 24.3 Å². The molecule has 0 aliphatic carbocycles. The quantitative estimate of drug-likeness (QED) is 0.415. The van der Waals surface area contributed by atoms with Crippen LogP contribution < -0.4 is 0 Å². The molecule has 0 amide bonds. The fourth-order valence-electron chi connectivity index (χ4n) is 1.66. The molecule has 0 saturated heterocycles. The minimum atomic E-state index is -0.381. The standard InChI is InChI=1S/C17H16BrN3O2/c1-2-21(9-5-6-14(12-19)13-20)10-11-23-17(22)15-7-3-4-8-16(15)18/h3-9H,2,10-11H2,1H3/b9-5+. The first-order valence-electron chi connectivity index (χ1n) is 6.96. The zero-order valence-corrected chi connectivity index (χ0v) is 14.3. The van der Waals surface area contributed by atoms with E-state index in [1.807, 2.05) is 17.9 Å². The van der Waals surface area contributed by atoms with Crippen molar-refractivity contribution in [3.8, 4) is 12.1 Å². The molecule has 1 aromatic carbocycles. The van der Waals surface area contributed by atoms with Crippen molar-refractivity contribution in [3.05, 3.63) is 58.2 Å². The minimum Gasteiger partial charge on any atom is -0.460 e. The third-order valence-electron chi connectivity index (χ3n) is 2.91. The van der Waals surface area contributed by atoms with Crippen LogP contribution in [0.25, 0.3) is 0 Å². The second kappa shape index (κ2) is 10.2. The Hall–Kier alpha value is -2.57. The lowest BCUT2D eigenvalue weighted by molar-refractivity contribution is 0.0480. The maximum Gasteiger partial charge on any atom is 0.339 e. The number of carbonyl (C=O) groups is 1. The Labute approximate surface area is 144 Å². The van der Waals surface area contributed by atoms with Crippen molar-refractivity contribution in [1.82, 2.24) is 4.90 Å². The van der Waals surface area contributed by atoms with Gasteiger partial charge in [0.2, 0.25) is 0 Å². The number of nitrogens with zero attached hydrogens (tertiary/aromatic N) is 3. The summed E-state index contributed by atoms with van der Waals surface area (Å²) >= 11 is 3.31. The molecule has 1 rings (SSSR count). The van der Waals surface area contributed by atoms with Crippen LogP contribution in [0.5, 0.6) is 0 Å². The van der Waals surface area contributed by atoms with Crippen molar-refractivity contribution < 1.29 is 9.53 Å². The molecule has 6 heteroatoms. The third kappa shape index (κ3) is 6.37. The highest BCUT2D eigenvalue weighted by atomic mass is 79.9. The Morgan fingerprint density at radius 3 is 2.65 bits per heavy atom. The fraction of sp³-hybridized carbons (Fsp3) is 0.235. The Balaban J connectivity index is 2.50. The van der Waals surface area contributed by atoms with E-state index in [1.165, 1.54) is 6.08 Å². The first kappa shape index (κ1) is 18.5. The number of likely N-dealkylation sites (N-methyl/N-ethyl adjacent to an activating group) is 1. The summed E-state index contributed by atoms with van der Waals surface area (Å²) in [5.74, 6) is -0.381. The van der Waals surface area contributed by atoms with E-state index < -0.39 is 0 Å². The molecule has 0 aliphatic heterocycles. The summed E-state index contributed by atoms with van der Waals surface area (Å²) in [6.45, 7) is 3.43. The van der Waals surface area contributed by atoms with Gasteiger partial charge in [0.25, 0.3) is 0 Å². The van der Waals surface area contributed by atoms with Crippen LogP contribution in [0.15, 0.2) is 52.7 Å². The molecule has 0 aliphatic rings. The molecule has 5 nitrogen and oxygen atoms in total. The van der Waals surface area contributed by atoms with Crippen LogP contribution in [0, 0.1) is 22.7 Å². The summed E-state index contributed by atoms with van der Waals surface area (Å²) in [6.07, 6.45) is 4.82. The van der Waals surface area contributed by atoms with Gasteiger partial charge in [-0.3, -0.25) is 0 Å². The summed E-state index contributed by atoms with van der Waals surface area (Å²) in [4.78, 5) is 13.9. The van der Waals surface area contributed by atoms with Gasteiger partial charge in [0, 0.05) is 11.0 Å². The van der Waals surface area contributed by atoms with E-state index in [0.717, 1.165) is 0 Å². The number of hydrogen-bond donors (Lipinski definition) is 0. The molecular formula is C17H16BrN3O2. The molecule has 0 saturated carbocycles. The monoisotopic (exact) mass is 373 g/mol. The number of nitriles is 2. The molecule has 0 heterocycles. The Morgan fingerprint density at radius 1 is 1.35 bits per heavy atom. The summed E-state index contributed by atoms with van der Waals surface area (Å²) in [6, 6.07) is 10.6. The third-order valence-corrected chi connectivity index (χ3v) is 3.60. The molecule has 1 aromatic rings. The van der Waals surface area contributed by atoms with E-state index in [1.54, 1.807) is 42.6 Å². The first-order chi connectivity index (χ1) is 11.1. The fourth-order valence-corrected chi connectivity index (χ4v) is 2.11. The molecule has 0 unspecified atom stereocenters. The van der Waals surface area contributed by atoms with E-state index in [4.69, 9.17) is 15.3 Å². The van der Waals surface area contributed by atoms with Crippen molar-refractivity contribution in [3.63, 3.8) is 0 Å². The minimum absolute atomic E-state index is 0.0395. The number of hydrogen-bond acceptors (Lipinski definition) is 5. The van der Waals surface area contributed by atoms with Gasteiger partial charge in [-0.25, -0.2) is 4.79 Å². The van der Waals surface area contributed by atoms with Crippen LogP contribution in [0.3, 0.4) is 0 Å². The van der Waals surface area contributed by atoms with Gasteiger partial charge in [0.15, 0.2) is 0 Å². The second-order valence-electron chi connectivity index (χ2n) is 4.39. The average molecular weight is 374 g/mol. The van der Waals surface area contributed by atoms with Gasteiger partial charge in [0.05, 0.1) is 12.1 Å². The number of allylic oxidation sites excluding steroid dienone is 3. The molecular weight excluding hydrogens is 358 g/mol. The lowest BCUT2D eigenvalue weighted by Gasteiger charge is -2.17. The van der Waals surface area contributed by atoms with Gasteiger partial charge in [-0.1, -0.05) is 12.1 Å². The van der Waals surface area contributed by atoms with Crippen LogP contribution in [-0.2, 0) is 4.74 Å². The largest absolute Gasteiger partial charge is 0.460 e. The van der Waals surface area contributed by atoms with Crippen molar-refractivity contribution in [2.45, 2.75) is 6.92 Å². The van der Waals surface area contributed by atoms with E-state index in [9.17, 15) is 4.79 Å². The smallest absolute Gasteiger partial charge is 0.339 e. The molecule has 118 valence electrons. The van der Waals surface area contributed by atoms with E-state index in [-0.39, 0.29) is 18.1 Å². The highest BCUT2D eigenvalue weighted by molar-refractivity contribution is 9.10. The summed E-state index contributed by atoms with van der Waals surface area (Å²) in [5.41, 5.74) is 0.527. The van der Waals surface area contributed by atoms with Crippen molar-refractivity contribution in [2.75, 3.05) is 19.7 Å². The molecule has 0 spiro atoms. The average Bonchev–Trinajstić information content (AvgIpc) is 2.57. The Morgan fingerprint density at radius 2 is 2.04 bits per heavy atom.